The van der Waals surface area contributed by atoms with Crippen molar-refractivity contribution in [3.63, 3.8) is 0 Å². The minimum Gasteiger partial charge on any atom is -0.261 e. The molecule has 0 amide bonds. The Kier molecular flexibility index (Phi) is 5.87. The van der Waals surface area contributed by atoms with E-state index in [4.69, 9.17) is 0 Å². The molecule has 1 aromatic carbocycles. The van der Waals surface area contributed by atoms with Gasteiger partial charge in [0.05, 0.1) is 0 Å². The highest BCUT2D eigenvalue weighted by Gasteiger charge is 1.98. The fraction of sp³-hybridized carbons (Fsp3) is 0.500. The number of aryl methyl sites for hydroxylation is 1. The van der Waals surface area contributed by atoms with Crippen LogP contribution in [0.5, 0.6) is 0 Å². The minimum absolute atomic E-state index is 1.12. The molecule has 0 saturated heterocycles. The van der Waals surface area contributed by atoms with Crippen LogP contribution in [0.25, 0.3) is 10.8 Å². The number of nitrogens with zero attached hydrogens (tertiary/aromatic N) is 1. The Hall–Kier alpha value is -1.37. The van der Waals surface area contributed by atoms with Crippen LogP contribution in [0.2, 0.25) is 0 Å². The van der Waals surface area contributed by atoms with E-state index in [1.807, 2.05) is 6.20 Å². The zero-order valence-electron chi connectivity index (χ0n) is 12.1. The van der Waals surface area contributed by atoms with E-state index < -0.39 is 0 Å². The summed E-state index contributed by atoms with van der Waals surface area (Å²) in [6, 6.07) is 10.7. The Bertz CT molecular complexity index is 490. The van der Waals surface area contributed by atoms with Gasteiger partial charge in [0.25, 0.3) is 0 Å². The maximum absolute atomic E-state index is 4.55. The van der Waals surface area contributed by atoms with Crippen molar-refractivity contribution in [2.24, 2.45) is 0 Å². The first-order chi connectivity index (χ1) is 9.40. The molecule has 2 aromatic rings. The first-order valence-electron chi connectivity index (χ1n) is 7.74. The van der Waals surface area contributed by atoms with E-state index in [0.717, 1.165) is 6.42 Å². The molecule has 1 nitrogen and oxygen atoms in total. The highest BCUT2D eigenvalue weighted by Crippen LogP contribution is 2.15. The normalized spacial score (nSPS) is 11.0. The first kappa shape index (κ1) is 14.0. The summed E-state index contributed by atoms with van der Waals surface area (Å²) in [5.74, 6) is 0. The molecule has 0 atom stereocenters. The lowest BCUT2D eigenvalue weighted by atomic mass is 10.1. The minimum atomic E-state index is 1.12. The average molecular weight is 255 g/mol. The monoisotopic (exact) mass is 255 g/mol. The summed E-state index contributed by atoms with van der Waals surface area (Å²) in [6.07, 6.45) is 12.7. The molecule has 0 unspecified atom stereocenters. The van der Waals surface area contributed by atoms with Crippen molar-refractivity contribution in [2.45, 2.75) is 58.3 Å². The average Bonchev–Trinajstić information content (AvgIpc) is 2.46. The van der Waals surface area contributed by atoms with Crippen LogP contribution in [0.1, 0.15) is 57.6 Å². The smallest absolute Gasteiger partial charge is 0.0410 e. The van der Waals surface area contributed by atoms with Gasteiger partial charge < -0.3 is 0 Å². The fourth-order valence-electron chi connectivity index (χ4n) is 2.53. The molecule has 2 rings (SSSR count). The second kappa shape index (κ2) is 7.93. The molecule has 1 heteroatoms. The third-order valence-corrected chi connectivity index (χ3v) is 3.72. The molecule has 19 heavy (non-hydrogen) atoms. The quantitative estimate of drug-likeness (QED) is 0.565. The van der Waals surface area contributed by atoms with Crippen LogP contribution in [-0.2, 0) is 6.42 Å². The number of pyridine rings is 1. The molecule has 1 heterocycles. The van der Waals surface area contributed by atoms with Gasteiger partial charge in [-0.05, 0) is 24.3 Å². The van der Waals surface area contributed by atoms with Crippen LogP contribution in [0.3, 0.4) is 0 Å². The summed E-state index contributed by atoms with van der Waals surface area (Å²) >= 11 is 0. The van der Waals surface area contributed by atoms with Gasteiger partial charge in [0.2, 0.25) is 0 Å². The van der Waals surface area contributed by atoms with Crippen molar-refractivity contribution in [2.75, 3.05) is 0 Å². The van der Waals surface area contributed by atoms with E-state index in [2.05, 4.69) is 42.2 Å². The van der Waals surface area contributed by atoms with Gasteiger partial charge in [0.1, 0.15) is 0 Å². The summed E-state index contributed by atoms with van der Waals surface area (Å²) < 4.78 is 0. The molecular formula is C18H25N. The molecule has 0 spiro atoms. The van der Waals surface area contributed by atoms with Gasteiger partial charge >= 0.3 is 0 Å². The molecule has 0 radical (unpaired) electrons. The lowest BCUT2D eigenvalue weighted by molar-refractivity contribution is 0.587. The van der Waals surface area contributed by atoms with E-state index in [1.54, 1.807) is 0 Å². The summed E-state index contributed by atoms with van der Waals surface area (Å²) in [4.78, 5) is 4.55. The fourth-order valence-corrected chi connectivity index (χ4v) is 2.53. The molecule has 0 N–H and O–H groups in total. The summed E-state index contributed by atoms with van der Waals surface area (Å²) in [6.45, 7) is 2.27. The second-order valence-electron chi connectivity index (χ2n) is 5.39. The Morgan fingerprint density at radius 1 is 0.842 bits per heavy atom. The largest absolute Gasteiger partial charge is 0.261 e. The van der Waals surface area contributed by atoms with Gasteiger partial charge in [-0.2, -0.15) is 0 Å². The zero-order chi connectivity index (χ0) is 13.3. The summed E-state index contributed by atoms with van der Waals surface area (Å²) in [5, 5.41) is 2.56. The zero-order valence-corrected chi connectivity index (χ0v) is 12.1. The maximum atomic E-state index is 4.55. The number of benzene rings is 1. The lowest BCUT2D eigenvalue weighted by Gasteiger charge is -2.03. The summed E-state index contributed by atoms with van der Waals surface area (Å²) in [5.41, 5.74) is 1.24. The standard InChI is InChI=1S/C18H25N/c1-2-3-4-5-6-7-8-13-18-14-16-11-9-10-12-17(16)15-19-18/h9-12,14-15H,2-8,13H2,1H3. The van der Waals surface area contributed by atoms with Gasteiger partial charge in [-0.1, -0.05) is 69.7 Å². The number of fused-ring (bicyclic) bond motifs is 1. The van der Waals surface area contributed by atoms with Crippen molar-refractivity contribution in [3.8, 4) is 0 Å². The SMILES string of the molecule is CCCCCCCCCc1cc2ccccc2cn1. The van der Waals surface area contributed by atoms with Crippen LogP contribution >= 0.6 is 0 Å². The highest BCUT2D eigenvalue weighted by molar-refractivity contribution is 5.81. The Morgan fingerprint density at radius 3 is 2.32 bits per heavy atom. The molecule has 0 bridgehead atoms. The molecule has 0 aliphatic rings. The highest BCUT2D eigenvalue weighted by atomic mass is 14.7. The first-order valence-corrected chi connectivity index (χ1v) is 7.74. The van der Waals surface area contributed by atoms with Crippen LogP contribution in [0, 0.1) is 0 Å². The predicted octanol–water partition coefficient (Wildman–Crippen LogP) is 5.53. The Morgan fingerprint density at radius 2 is 1.53 bits per heavy atom. The molecule has 102 valence electrons. The van der Waals surface area contributed by atoms with E-state index >= 15 is 0 Å². The van der Waals surface area contributed by atoms with E-state index in [-0.39, 0.29) is 0 Å². The lowest BCUT2D eigenvalue weighted by Crippen LogP contribution is -1.90. The Labute approximate surface area is 117 Å². The number of rotatable bonds is 8. The van der Waals surface area contributed by atoms with Crippen molar-refractivity contribution in [1.29, 1.82) is 0 Å². The van der Waals surface area contributed by atoms with Gasteiger partial charge in [0, 0.05) is 17.3 Å². The number of hydrogen-bond donors (Lipinski definition) is 0. The maximum Gasteiger partial charge on any atom is 0.0410 e. The van der Waals surface area contributed by atoms with Crippen LogP contribution in [-0.4, -0.2) is 4.98 Å². The van der Waals surface area contributed by atoms with Gasteiger partial charge in [-0.15, -0.1) is 0 Å². The van der Waals surface area contributed by atoms with E-state index in [1.165, 1.54) is 61.4 Å². The predicted molar refractivity (Wildman–Crippen MR) is 83.4 cm³/mol. The number of hydrogen-bond acceptors (Lipinski definition) is 1. The number of unbranched alkanes of at least 4 members (excludes halogenated alkanes) is 6. The van der Waals surface area contributed by atoms with Crippen LogP contribution < -0.4 is 0 Å². The molecule has 0 aliphatic heterocycles. The molecular weight excluding hydrogens is 230 g/mol. The number of aromatic nitrogens is 1. The Balaban J connectivity index is 1.72. The van der Waals surface area contributed by atoms with E-state index in [0.29, 0.717) is 0 Å². The van der Waals surface area contributed by atoms with Crippen molar-refractivity contribution in [1.82, 2.24) is 4.98 Å². The van der Waals surface area contributed by atoms with E-state index in [9.17, 15) is 0 Å². The third-order valence-electron chi connectivity index (χ3n) is 3.72. The molecule has 0 saturated carbocycles. The summed E-state index contributed by atoms with van der Waals surface area (Å²) in [7, 11) is 0. The third kappa shape index (κ3) is 4.66. The molecule has 1 aromatic heterocycles. The van der Waals surface area contributed by atoms with Gasteiger partial charge in [-0.25, -0.2) is 0 Å². The van der Waals surface area contributed by atoms with Crippen molar-refractivity contribution in [3.05, 3.63) is 42.2 Å². The van der Waals surface area contributed by atoms with Gasteiger partial charge in [0.15, 0.2) is 0 Å². The van der Waals surface area contributed by atoms with Crippen molar-refractivity contribution < 1.29 is 0 Å². The van der Waals surface area contributed by atoms with Crippen LogP contribution in [0.4, 0.5) is 0 Å². The van der Waals surface area contributed by atoms with Gasteiger partial charge in [-0.3, -0.25) is 4.98 Å². The second-order valence-corrected chi connectivity index (χ2v) is 5.39. The van der Waals surface area contributed by atoms with Crippen molar-refractivity contribution >= 4 is 10.8 Å². The van der Waals surface area contributed by atoms with Crippen LogP contribution in [0.15, 0.2) is 36.5 Å². The molecule has 0 aliphatic carbocycles. The molecule has 0 fully saturated rings. The topological polar surface area (TPSA) is 12.9 Å².